The minimum atomic E-state index is -1.49. The summed E-state index contributed by atoms with van der Waals surface area (Å²) in [6.07, 6.45) is 3.51. The van der Waals surface area contributed by atoms with Crippen LogP contribution in [0, 0.1) is 0 Å². The van der Waals surface area contributed by atoms with Crippen LogP contribution in [0.25, 0.3) is 21.7 Å². The van der Waals surface area contributed by atoms with Crippen molar-refractivity contribution in [2.24, 2.45) is 0 Å². The molecule has 5 rings (SSSR count). The van der Waals surface area contributed by atoms with Gasteiger partial charge in [-0.15, -0.1) is 0 Å². The van der Waals surface area contributed by atoms with Gasteiger partial charge in [-0.3, -0.25) is 9.78 Å². The van der Waals surface area contributed by atoms with Crippen molar-refractivity contribution < 1.29 is 14.3 Å². The number of benzene rings is 3. The van der Waals surface area contributed by atoms with Crippen LogP contribution >= 0.6 is 0 Å². The van der Waals surface area contributed by atoms with Gasteiger partial charge in [-0.05, 0) is 34.5 Å². The summed E-state index contributed by atoms with van der Waals surface area (Å²) in [5.74, 6) is -1.02. The van der Waals surface area contributed by atoms with E-state index in [0.29, 0.717) is 5.56 Å². The van der Waals surface area contributed by atoms with Crippen molar-refractivity contribution in [1.29, 1.82) is 0 Å². The van der Waals surface area contributed by atoms with Crippen LogP contribution < -0.4 is 5.32 Å². The van der Waals surface area contributed by atoms with Crippen molar-refractivity contribution >= 4 is 33.6 Å². The molecule has 0 saturated carbocycles. The molecule has 1 unspecified atom stereocenters. The van der Waals surface area contributed by atoms with Gasteiger partial charge in [0.05, 0.1) is 7.11 Å². The zero-order valence-electron chi connectivity index (χ0n) is 18.6. The molecular formula is C28H23N3O3. The predicted molar refractivity (Wildman–Crippen MR) is 131 cm³/mol. The maximum atomic E-state index is 13.6. The summed E-state index contributed by atoms with van der Waals surface area (Å²) in [7, 11) is 1.34. The van der Waals surface area contributed by atoms with E-state index in [2.05, 4.69) is 15.3 Å². The Morgan fingerprint density at radius 1 is 0.912 bits per heavy atom. The van der Waals surface area contributed by atoms with Gasteiger partial charge in [0.15, 0.2) is 5.54 Å². The van der Waals surface area contributed by atoms with Gasteiger partial charge in [-0.25, -0.2) is 4.79 Å². The van der Waals surface area contributed by atoms with Crippen LogP contribution in [0.1, 0.15) is 21.6 Å². The number of H-pyrrole nitrogens is 1. The second-order valence-electron chi connectivity index (χ2n) is 8.13. The monoisotopic (exact) mass is 449 g/mol. The zero-order chi connectivity index (χ0) is 23.5. The quantitative estimate of drug-likeness (QED) is 0.366. The highest BCUT2D eigenvalue weighted by Gasteiger charge is 2.45. The average Bonchev–Trinajstić information content (AvgIpc) is 3.33. The second kappa shape index (κ2) is 8.83. The number of fused-ring (bicyclic) bond motifs is 2. The van der Waals surface area contributed by atoms with Gasteiger partial charge < -0.3 is 15.0 Å². The summed E-state index contributed by atoms with van der Waals surface area (Å²) in [5.41, 5.74) is 1.12. The molecule has 0 bridgehead atoms. The van der Waals surface area contributed by atoms with Gasteiger partial charge >= 0.3 is 5.97 Å². The summed E-state index contributed by atoms with van der Waals surface area (Å²) in [5, 5.41) is 5.89. The molecule has 6 nitrogen and oxygen atoms in total. The minimum absolute atomic E-state index is 0.196. The topological polar surface area (TPSA) is 84.1 Å². The SMILES string of the molecule is COC(=O)C(Cc1cccc2ccccc12)(NC(=O)c1ccccn1)c1c[nH]c2ccccc12. The summed E-state index contributed by atoms with van der Waals surface area (Å²) >= 11 is 0. The molecule has 2 aromatic heterocycles. The lowest BCUT2D eigenvalue weighted by atomic mass is 9.82. The highest BCUT2D eigenvalue weighted by molar-refractivity contribution is 6.00. The number of carbonyl (C=O) groups is 2. The number of para-hydroxylation sites is 1. The third kappa shape index (κ3) is 3.69. The summed E-state index contributed by atoms with van der Waals surface area (Å²) in [6.45, 7) is 0. The lowest BCUT2D eigenvalue weighted by Crippen LogP contribution is -2.54. The average molecular weight is 450 g/mol. The molecule has 3 aromatic carbocycles. The van der Waals surface area contributed by atoms with E-state index in [1.807, 2.05) is 66.7 Å². The number of amides is 1. The second-order valence-corrected chi connectivity index (χ2v) is 8.13. The molecule has 0 radical (unpaired) electrons. The highest BCUT2D eigenvalue weighted by atomic mass is 16.5. The number of hydrogen-bond donors (Lipinski definition) is 2. The number of rotatable bonds is 6. The molecule has 0 fully saturated rings. The van der Waals surface area contributed by atoms with Crippen LogP contribution in [0.3, 0.4) is 0 Å². The summed E-state index contributed by atoms with van der Waals surface area (Å²) < 4.78 is 5.32. The fraction of sp³-hybridized carbons (Fsp3) is 0.107. The van der Waals surface area contributed by atoms with E-state index in [9.17, 15) is 9.59 Å². The first-order valence-electron chi connectivity index (χ1n) is 11.0. The number of aromatic nitrogens is 2. The lowest BCUT2D eigenvalue weighted by Gasteiger charge is -2.32. The van der Waals surface area contributed by atoms with Gasteiger partial charge in [-0.2, -0.15) is 0 Å². The van der Waals surface area contributed by atoms with Crippen LogP contribution in [0.4, 0.5) is 0 Å². The van der Waals surface area contributed by atoms with E-state index < -0.39 is 17.4 Å². The van der Waals surface area contributed by atoms with E-state index in [4.69, 9.17) is 4.74 Å². The first kappa shape index (κ1) is 21.4. The molecule has 6 heteroatoms. The molecule has 5 aromatic rings. The molecule has 2 N–H and O–H groups in total. The minimum Gasteiger partial charge on any atom is -0.467 e. The predicted octanol–water partition coefficient (Wildman–Crippen LogP) is 4.76. The Bertz CT molecular complexity index is 1490. The molecule has 0 saturated heterocycles. The van der Waals surface area contributed by atoms with Crippen molar-refractivity contribution in [2.45, 2.75) is 12.0 Å². The standard InChI is InChI=1S/C28H23N3O3/c1-34-27(33)28(31-26(32)25-15-6-7-16-29-25,23-18-30-24-14-5-4-13-22(23)24)17-20-11-8-10-19-9-2-3-12-21(19)20/h2-16,18,30H,17H2,1H3,(H,31,32). The van der Waals surface area contributed by atoms with Gasteiger partial charge in [0.1, 0.15) is 5.69 Å². The first-order chi connectivity index (χ1) is 16.6. The molecule has 1 amide bonds. The maximum absolute atomic E-state index is 13.6. The number of carbonyl (C=O) groups excluding carboxylic acids is 2. The largest absolute Gasteiger partial charge is 0.467 e. The third-order valence-corrected chi connectivity index (χ3v) is 6.14. The van der Waals surface area contributed by atoms with E-state index >= 15 is 0 Å². The molecule has 0 spiro atoms. The number of aromatic amines is 1. The molecule has 2 heterocycles. The Kier molecular flexibility index (Phi) is 5.55. The number of pyridine rings is 1. The highest BCUT2D eigenvalue weighted by Crippen LogP contribution is 2.35. The number of nitrogens with zero attached hydrogens (tertiary/aromatic N) is 1. The molecule has 1 atom stereocenters. The van der Waals surface area contributed by atoms with E-state index in [0.717, 1.165) is 27.2 Å². The van der Waals surface area contributed by atoms with Gasteiger partial charge in [0, 0.05) is 35.3 Å². The fourth-order valence-electron chi connectivity index (χ4n) is 4.53. The van der Waals surface area contributed by atoms with Crippen molar-refractivity contribution in [3.8, 4) is 0 Å². The van der Waals surface area contributed by atoms with Crippen LogP contribution in [0.2, 0.25) is 0 Å². The van der Waals surface area contributed by atoms with E-state index in [-0.39, 0.29) is 12.1 Å². The molecular weight excluding hydrogens is 426 g/mol. The Balaban J connectivity index is 1.73. The van der Waals surface area contributed by atoms with E-state index in [1.165, 1.54) is 7.11 Å². The van der Waals surface area contributed by atoms with Crippen LogP contribution in [-0.2, 0) is 21.5 Å². The molecule has 34 heavy (non-hydrogen) atoms. The molecule has 168 valence electrons. The smallest absolute Gasteiger partial charge is 0.336 e. The lowest BCUT2D eigenvalue weighted by molar-refractivity contribution is -0.148. The van der Waals surface area contributed by atoms with Crippen LogP contribution in [0.15, 0.2) is 97.3 Å². The Hall–Kier alpha value is -4.45. The number of esters is 1. The number of methoxy groups -OCH3 is 1. The number of hydrogen-bond acceptors (Lipinski definition) is 4. The summed E-state index contributed by atoms with van der Waals surface area (Å²) in [4.78, 5) is 34.4. The molecule has 0 aliphatic carbocycles. The Morgan fingerprint density at radius 3 is 2.44 bits per heavy atom. The van der Waals surface area contributed by atoms with Crippen molar-refractivity contribution in [1.82, 2.24) is 15.3 Å². The Morgan fingerprint density at radius 2 is 1.65 bits per heavy atom. The number of ether oxygens (including phenoxy) is 1. The van der Waals surface area contributed by atoms with Crippen molar-refractivity contribution in [3.05, 3.63) is 114 Å². The van der Waals surface area contributed by atoms with E-state index in [1.54, 1.807) is 30.6 Å². The molecule has 0 aliphatic heterocycles. The van der Waals surface area contributed by atoms with Gasteiger partial charge in [0.2, 0.25) is 0 Å². The normalized spacial score (nSPS) is 12.9. The number of nitrogens with one attached hydrogen (secondary N) is 2. The maximum Gasteiger partial charge on any atom is 0.336 e. The third-order valence-electron chi connectivity index (χ3n) is 6.14. The van der Waals surface area contributed by atoms with Gasteiger partial charge in [0.25, 0.3) is 5.91 Å². The zero-order valence-corrected chi connectivity index (χ0v) is 18.6. The van der Waals surface area contributed by atoms with Crippen molar-refractivity contribution in [2.75, 3.05) is 7.11 Å². The van der Waals surface area contributed by atoms with Crippen LogP contribution in [0.5, 0.6) is 0 Å². The molecule has 0 aliphatic rings. The van der Waals surface area contributed by atoms with Crippen molar-refractivity contribution in [3.63, 3.8) is 0 Å². The summed E-state index contributed by atoms with van der Waals surface area (Å²) in [6, 6.07) is 26.7. The van der Waals surface area contributed by atoms with Gasteiger partial charge in [-0.1, -0.05) is 66.7 Å². The Labute approximate surface area is 196 Å². The van der Waals surface area contributed by atoms with Crippen LogP contribution in [-0.4, -0.2) is 29.0 Å². The first-order valence-corrected chi connectivity index (χ1v) is 11.0. The fourth-order valence-corrected chi connectivity index (χ4v) is 4.53.